The lowest BCUT2D eigenvalue weighted by Gasteiger charge is -2.47. The molecule has 0 amide bonds. The smallest absolute Gasteiger partial charge is 0.0483 e. The summed E-state index contributed by atoms with van der Waals surface area (Å²) in [4.78, 5) is 2.75. The molecule has 3 heteroatoms. The zero-order chi connectivity index (χ0) is 13.1. The molecule has 1 N–H and O–H groups in total. The van der Waals surface area contributed by atoms with Gasteiger partial charge in [-0.05, 0) is 52.1 Å². The van der Waals surface area contributed by atoms with Gasteiger partial charge in [-0.2, -0.15) is 0 Å². The summed E-state index contributed by atoms with van der Waals surface area (Å²) in [7, 11) is 0. The molecule has 2 rings (SSSR count). The van der Waals surface area contributed by atoms with Gasteiger partial charge in [0.2, 0.25) is 0 Å². The molecule has 0 spiro atoms. The fourth-order valence-electron chi connectivity index (χ4n) is 3.44. The number of hydrogen-bond donors (Lipinski definition) is 1. The Bertz CT molecular complexity index is 257. The van der Waals surface area contributed by atoms with Gasteiger partial charge in [-0.1, -0.05) is 13.8 Å². The highest BCUT2D eigenvalue weighted by molar-refractivity contribution is 4.97. The minimum atomic E-state index is 0.331. The van der Waals surface area contributed by atoms with Crippen LogP contribution in [0.15, 0.2) is 0 Å². The first-order valence-corrected chi connectivity index (χ1v) is 7.72. The lowest BCUT2D eigenvalue weighted by Crippen LogP contribution is -2.57. The molecule has 2 aliphatic rings. The molecule has 0 aromatic carbocycles. The quantitative estimate of drug-likeness (QED) is 0.837. The molecule has 0 atom stereocenters. The van der Waals surface area contributed by atoms with Gasteiger partial charge in [-0.3, -0.25) is 4.90 Å². The Morgan fingerprint density at radius 1 is 1.17 bits per heavy atom. The van der Waals surface area contributed by atoms with Crippen LogP contribution in [0.1, 0.15) is 52.9 Å². The maximum absolute atomic E-state index is 5.55. The lowest BCUT2D eigenvalue weighted by atomic mass is 9.86. The second kappa shape index (κ2) is 5.89. The lowest BCUT2D eigenvalue weighted by molar-refractivity contribution is -0.0264. The summed E-state index contributed by atoms with van der Waals surface area (Å²) in [5.41, 5.74) is 0.692. The molecule has 2 saturated heterocycles. The largest absolute Gasteiger partial charge is 0.381 e. The van der Waals surface area contributed by atoms with Crippen molar-refractivity contribution in [3.8, 4) is 0 Å². The van der Waals surface area contributed by atoms with Crippen molar-refractivity contribution in [1.29, 1.82) is 0 Å². The Morgan fingerprint density at radius 3 is 2.44 bits per heavy atom. The summed E-state index contributed by atoms with van der Waals surface area (Å²) in [6, 6.07) is 0. The molecule has 0 bridgehead atoms. The van der Waals surface area contributed by atoms with Crippen LogP contribution in [-0.2, 0) is 4.74 Å². The van der Waals surface area contributed by atoms with E-state index in [9.17, 15) is 0 Å². The van der Waals surface area contributed by atoms with Gasteiger partial charge in [-0.25, -0.2) is 0 Å². The zero-order valence-electron chi connectivity index (χ0n) is 12.4. The van der Waals surface area contributed by atoms with Crippen LogP contribution < -0.4 is 5.32 Å². The Labute approximate surface area is 112 Å². The van der Waals surface area contributed by atoms with Crippen molar-refractivity contribution >= 4 is 0 Å². The molecule has 2 aliphatic heterocycles. The minimum absolute atomic E-state index is 0.331. The average Bonchev–Trinajstić information content (AvgIpc) is 2.63. The summed E-state index contributed by atoms with van der Waals surface area (Å²) in [5.74, 6) is 0. The van der Waals surface area contributed by atoms with E-state index in [-0.39, 0.29) is 0 Å². The van der Waals surface area contributed by atoms with E-state index in [1.165, 1.54) is 51.7 Å². The number of ether oxygens (including phenoxy) is 1. The first-order valence-electron chi connectivity index (χ1n) is 7.72. The number of hydrogen-bond acceptors (Lipinski definition) is 3. The SMILES string of the molecule is CCC1(CC)CN(C2(C)CCOCC2)CCCN1. The number of nitrogens with one attached hydrogen (secondary N) is 1. The Balaban J connectivity index is 2.10. The summed E-state index contributed by atoms with van der Waals surface area (Å²) in [6.45, 7) is 12.6. The highest BCUT2D eigenvalue weighted by Crippen LogP contribution is 2.31. The van der Waals surface area contributed by atoms with E-state index >= 15 is 0 Å². The molecule has 2 heterocycles. The monoisotopic (exact) mass is 254 g/mol. The molecule has 0 saturated carbocycles. The highest BCUT2D eigenvalue weighted by Gasteiger charge is 2.39. The molecule has 0 aromatic heterocycles. The van der Waals surface area contributed by atoms with Crippen molar-refractivity contribution in [3.63, 3.8) is 0 Å². The van der Waals surface area contributed by atoms with Crippen molar-refractivity contribution in [2.24, 2.45) is 0 Å². The van der Waals surface area contributed by atoms with Gasteiger partial charge in [0, 0.05) is 30.8 Å². The van der Waals surface area contributed by atoms with Crippen molar-refractivity contribution in [3.05, 3.63) is 0 Å². The van der Waals surface area contributed by atoms with Crippen LogP contribution in [0.4, 0.5) is 0 Å². The molecular formula is C15H30N2O. The predicted molar refractivity (Wildman–Crippen MR) is 76.0 cm³/mol. The van der Waals surface area contributed by atoms with Gasteiger partial charge >= 0.3 is 0 Å². The van der Waals surface area contributed by atoms with E-state index in [0.717, 1.165) is 13.2 Å². The molecule has 0 aliphatic carbocycles. The van der Waals surface area contributed by atoms with Crippen molar-refractivity contribution in [2.45, 2.75) is 64.0 Å². The van der Waals surface area contributed by atoms with E-state index in [0.29, 0.717) is 11.1 Å². The third-order valence-electron chi connectivity index (χ3n) is 5.29. The Hall–Kier alpha value is -0.120. The molecule has 3 nitrogen and oxygen atoms in total. The third-order valence-corrected chi connectivity index (χ3v) is 5.29. The standard InChI is InChI=1S/C15H30N2O/c1-4-15(5-2)13-17(10-6-9-16-15)14(3)7-11-18-12-8-14/h16H,4-13H2,1-3H3. The van der Waals surface area contributed by atoms with Crippen LogP contribution in [0.5, 0.6) is 0 Å². The van der Waals surface area contributed by atoms with Crippen LogP contribution >= 0.6 is 0 Å². The first-order chi connectivity index (χ1) is 8.64. The maximum atomic E-state index is 5.55. The average molecular weight is 254 g/mol. The van der Waals surface area contributed by atoms with Crippen molar-refractivity contribution < 1.29 is 4.74 Å². The van der Waals surface area contributed by atoms with Crippen LogP contribution in [0.25, 0.3) is 0 Å². The number of rotatable bonds is 3. The van der Waals surface area contributed by atoms with Gasteiger partial charge in [0.25, 0.3) is 0 Å². The second-order valence-corrected chi connectivity index (χ2v) is 6.30. The molecule has 0 radical (unpaired) electrons. The molecule has 2 fully saturated rings. The normalized spacial score (nSPS) is 28.8. The minimum Gasteiger partial charge on any atom is -0.381 e. The second-order valence-electron chi connectivity index (χ2n) is 6.30. The Morgan fingerprint density at radius 2 is 1.83 bits per heavy atom. The van der Waals surface area contributed by atoms with Gasteiger partial charge in [0.05, 0.1) is 0 Å². The van der Waals surface area contributed by atoms with E-state index in [2.05, 4.69) is 31.0 Å². The van der Waals surface area contributed by atoms with E-state index in [4.69, 9.17) is 4.74 Å². The van der Waals surface area contributed by atoms with Gasteiger partial charge in [0.1, 0.15) is 0 Å². The van der Waals surface area contributed by atoms with E-state index < -0.39 is 0 Å². The van der Waals surface area contributed by atoms with Crippen LogP contribution in [-0.4, -0.2) is 48.8 Å². The van der Waals surface area contributed by atoms with Gasteiger partial charge < -0.3 is 10.1 Å². The Kier molecular flexibility index (Phi) is 4.68. The fraction of sp³-hybridized carbons (Fsp3) is 1.00. The van der Waals surface area contributed by atoms with E-state index in [1.807, 2.05) is 0 Å². The van der Waals surface area contributed by atoms with Crippen LogP contribution in [0.2, 0.25) is 0 Å². The van der Waals surface area contributed by atoms with E-state index in [1.54, 1.807) is 0 Å². The molecule has 106 valence electrons. The fourth-order valence-corrected chi connectivity index (χ4v) is 3.44. The molecular weight excluding hydrogens is 224 g/mol. The number of nitrogens with zero attached hydrogens (tertiary/aromatic N) is 1. The van der Waals surface area contributed by atoms with Crippen LogP contribution in [0, 0.1) is 0 Å². The topological polar surface area (TPSA) is 24.5 Å². The molecule has 18 heavy (non-hydrogen) atoms. The molecule has 0 aromatic rings. The van der Waals surface area contributed by atoms with Gasteiger partial charge in [-0.15, -0.1) is 0 Å². The van der Waals surface area contributed by atoms with Crippen molar-refractivity contribution in [1.82, 2.24) is 10.2 Å². The van der Waals surface area contributed by atoms with Crippen LogP contribution in [0.3, 0.4) is 0 Å². The van der Waals surface area contributed by atoms with Crippen molar-refractivity contribution in [2.75, 3.05) is 32.8 Å². The summed E-state index contributed by atoms with van der Waals surface area (Å²) >= 11 is 0. The first kappa shape index (κ1) is 14.3. The summed E-state index contributed by atoms with van der Waals surface area (Å²) in [5, 5.41) is 3.81. The van der Waals surface area contributed by atoms with Gasteiger partial charge in [0.15, 0.2) is 0 Å². The summed E-state index contributed by atoms with van der Waals surface area (Å²) < 4.78 is 5.55. The third kappa shape index (κ3) is 2.89. The maximum Gasteiger partial charge on any atom is 0.0483 e. The predicted octanol–water partition coefficient (Wildman–Crippen LogP) is 2.41. The summed E-state index contributed by atoms with van der Waals surface area (Å²) in [6.07, 6.45) is 6.12. The zero-order valence-corrected chi connectivity index (χ0v) is 12.4. The molecule has 0 unspecified atom stereocenters. The highest BCUT2D eigenvalue weighted by atomic mass is 16.5.